The Bertz CT molecular complexity index is 1050. The van der Waals surface area contributed by atoms with Crippen LogP contribution < -0.4 is 15.2 Å². The molecule has 0 fully saturated rings. The van der Waals surface area contributed by atoms with Crippen molar-refractivity contribution >= 4 is 23.9 Å². The molecule has 1 rings (SSSR count). The maximum Gasteiger partial charge on any atom is 0.324 e. The van der Waals surface area contributed by atoms with E-state index in [-0.39, 0.29) is 36.2 Å². The second-order valence-electron chi connectivity index (χ2n) is 12.2. The topological polar surface area (TPSA) is 142 Å². The van der Waals surface area contributed by atoms with E-state index in [4.69, 9.17) is 19.9 Å². The molecule has 9 heteroatoms. The summed E-state index contributed by atoms with van der Waals surface area (Å²) in [6.07, 6.45) is 0.00701. The highest BCUT2D eigenvalue weighted by atomic mass is 16.6. The maximum absolute atomic E-state index is 12.9. The molecule has 1 aromatic rings. The number of esters is 3. The quantitative estimate of drug-likeness (QED) is 0.233. The maximum atomic E-state index is 12.9. The molecule has 39 heavy (non-hydrogen) atoms. The Labute approximate surface area is 232 Å². The average Bonchev–Trinajstić information content (AvgIpc) is 2.84. The van der Waals surface area contributed by atoms with Gasteiger partial charge in [-0.2, -0.15) is 0 Å². The van der Waals surface area contributed by atoms with Crippen LogP contribution >= 0.6 is 0 Å². The van der Waals surface area contributed by atoms with Crippen LogP contribution in [-0.2, 0) is 30.3 Å². The summed E-state index contributed by atoms with van der Waals surface area (Å²) in [5, 5.41) is 10.00. The lowest BCUT2D eigenvalue weighted by molar-refractivity contribution is -0.157. The third kappa shape index (κ3) is 9.34. The molecule has 0 saturated carbocycles. The zero-order valence-corrected chi connectivity index (χ0v) is 25.2. The Hall–Kier alpha value is -2.94. The van der Waals surface area contributed by atoms with Gasteiger partial charge in [-0.05, 0) is 71.1 Å². The van der Waals surface area contributed by atoms with Crippen LogP contribution in [0.5, 0.6) is 11.5 Å². The molecule has 9 nitrogen and oxygen atoms in total. The van der Waals surface area contributed by atoms with E-state index < -0.39 is 46.4 Å². The van der Waals surface area contributed by atoms with E-state index in [0.717, 1.165) is 0 Å². The highest BCUT2D eigenvalue weighted by Gasteiger charge is 2.38. The lowest BCUT2D eigenvalue weighted by atomic mass is 9.86. The van der Waals surface area contributed by atoms with E-state index in [2.05, 4.69) is 0 Å². The number of carbonyl (C=O) groups excluding carboxylic acids is 3. The Morgan fingerprint density at radius 2 is 1.36 bits per heavy atom. The fraction of sp³-hybridized carbons (Fsp3) is 0.667. The van der Waals surface area contributed by atoms with Gasteiger partial charge < -0.3 is 25.1 Å². The first-order valence-electron chi connectivity index (χ1n) is 13.6. The Balaban J connectivity index is 3.34. The first kappa shape index (κ1) is 34.1. The summed E-state index contributed by atoms with van der Waals surface area (Å²) in [6.45, 7) is 17.9. The van der Waals surface area contributed by atoms with E-state index in [0.29, 0.717) is 18.4 Å². The van der Waals surface area contributed by atoms with Crippen LogP contribution in [0.15, 0.2) is 18.2 Å². The normalized spacial score (nSPS) is 15.2. The van der Waals surface area contributed by atoms with Gasteiger partial charge in [0.05, 0.1) is 16.7 Å². The molecule has 0 aliphatic carbocycles. The lowest BCUT2D eigenvalue weighted by Gasteiger charge is -2.29. The van der Waals surface area contributed by atoms with Crippen LogP contribution in [-0.4, -0.2) is 40.6 Å². The molecule has 3 atom stereocenters. The summed E-state index contributed by atoms with van der Waals surface area (Å²) in [4.78, 5) is 50.3. The van der Waals surface area contributed by atoms with Crippen LogP contribution in [0.2, 0.25) is 0 Å². The van der Waals surface area contributed by atoms with Gasteiger partial charge in [-0.15, -0.1) is 0 Å². The van der Waals surface area contributed by atoms with Gasteiger partial charge in [-0.1, -0.05) is 40.7 Å². The molecule has 0 aliphatic heterocycles. The zero-order chi connectivity index (χ0) is 30.3. The summed E-state index contributed by atoms with van der Waals surface area (Å²) in [5.41, 5.74) is 3.43. The Kier molecular flexibility index (Phi) is 11.7. The number of carboxylic acid groups (broad SMARTS) is 1. The SMILES string of the molecule is CCC(C)(C)C(=O)Oc1ccc(CC(N)(C[C@H](C)OC(=O)C(C)C(C)C)C(=O)O)cc1OC(=O)C(C)(C)CC. The molecule has 0 aliphatic rings. The number of carbonyl (C=O) groups is 4. The van der Waals surface area contributed by atoms with Crippen LogP contribution in [0.4, 0.5) is 0 Å². The van der Waals surface area contributed by atoms with Crippen LogP contribution in [0.25, 0.3) is 0 Å². The minimum atomic E-state index is -1.78. The zero-order valence-electron chi connectivity index (χ0n) is 25.2. The standard InChI is InChI=1S/C30H47NO8/c1-11-28(7,8)26(35)38-22-14-13-21(15-23(22)39-27(36)29(9,10)12-2)17-30(31,25(33)34)16-19(5)37-24(32)20(6)18(3)4/h13-15,18-20H,11-12,16-17,31H2,1-10H3,(H,33,34)/t19-,20?,30?/m0/s1. The molecule has 0 saturated heterocycles. The van der Waals surface area contributed by atoms with Crippen molar-refractivity contribution in [3.05, 3.63) is 23.8 Å². The van der Waals surface area contributed by atoms with Crippen molar-refractivity contribution < 1.29 is 38.5 Å². The number of nitrogens with two attached hydrogens (primary N) is 1. The minimum Gasteiger partial charge on any atom is -0.480 e. The number of carboxylic acids is 1. The van der Waals surface area contributed by atoms with Gasteiger partial charge in [-0.3, -0.25) is 19.2 Å². The summed E-state index contributed by atoms with van der Waals surface area (Å²) < 4.78 is 16.8. The first-order chi connectivity index (χ1) is 17.8. The fourth-order valence-corrected chi connectivity index (χ4v) is 3.32. The number of ether oxygens (including phenoxy) is 3. The molecule has 3 N–H and O–H groups in total. The molecule has 0 bridgehead atoms. The van der Waals surface area contributed by atoms with Crippen molar-refractivity contribution in [2.75, 3.05) is 0 Å². The minimum absolute atomic E-state index is 0.00255. The van der Waals surface area contributed by atoms with E-state index >= 15 is 0 Å². The van der Waals surface area contributed by atoms with Gasteiger partial charge in [0.2, 0.25) is 0 Å². The monoisotopic (exact) mass is 549 g/mol. The summed E-state index contributed by atoms with van der Waals surface area (Å²) >= 11 is 0. The number of aliphatic carboxylic acids is 1. The van der Waals surface area contributed by atoms with Crippen LogP contribution in [0.1, 0.15) is 94.1 Å². The van der Waals surface area contributed by atoms with E-state index in [1.807, 2.05) is 27.7 Å². The van der Waals surface area contributed by atoms with Crippen molar-refractivity contribution in [3.63, 3.8) is 0 Å². The van der Waals surface area contributed by atoms with Gasteiger partial charge >= 0.3 is 23.9 Å². The van der Waals surface area contributed by atoms with Crippen LogP contribution in [0.3, 0.4) is 0 Å². The molecule has 0 spiro atoms. The van der Waals surface area contributed by atoms with Gasteiger partial charge in [0, 0.05) is 12.8 Å². The van der Waals surface area contributed by atoms with Gasteiger partial charge in [0.15, 0.2) is 11.5 Å². The summed E-state index contributed by atoms with van der Waals surface area (Å²) in [7, 11) is 0. The average molecular weight is 550 g/mol. The van der Waals surface area contributed by atoms with Crippen molar-refractivity contribution in [3.8, 4) is 11.5 Å². The number of hydrogen-bond donors (Lipinski definition) is 2. The lowest BCUT2D eigenvalue weighted by Crippen LogP contribution is -2.52. The molecule has 220 valence electrons. The third-order valence-corrected chi connectivity index (χ3v) is 7.57. The molecular weight excluding hydrogens is 502 g/mol. The van der Waals surface area contributed by atoms with E-state index in [1.54, 1.807) is 47.6 Å². The summed E-state index contributed by atoms with van der Waals surface area (Å²) in [5.74, 6) is -2.93. The summed E-state index contributed by atoms with van der Waals surface area (Å²) in [6, 6.07) is 4.51. The number of benzene rings is 1. The van der Waals surface area contributed by atoms with Crippen molar-refractivity contribution in [1.29, 1.82) is 0 Å². The third-order valence-electron chi connectivity index (χ3n) is 7.57. The van der Waals surface area contributed by atoms with Crippen molar-refractivity contribution in [2.45, 2.75) is 107 Å². The fourth-order valence-electron chi connectivity index (χ4n) is 3.32. The van der Waals surface area contributed by atoms with Crippen LogP contribution in [0, 0.1) is 22.7 Å². The van der Waals surface area contributed by atoms with E-state index in [1.165, 1.54) is 12.1 Å². The van der Waals surface area contributed by atoms with Gasteiger partial charge in [-0.25, -0.2) is 0 Å². The molecule has 2 unspecified atom stereocenters. The highest BCUT2D eigenvalue weighted by molar-refractivity contribution is 5.82. The molecule has 0 radical (unpaired) electrons. The van der Waals surface area contributed by atoms with E-state index in [9.17, 15) is 24.3 Å². The predicted molar refractivity (Wildman–Crippen MR) is 148 cm³/mol. The van der Waals surface area contributed by atoms with Gasteiger partial charge in [0.1, 0.15) is 11.6 Å². The number of hydrogen-bond acceptors (Lipinski definition) is 8. The van der Waals surface area contributed by atoms with Crippen molar-refractivity contribution in [2.24, 2.45) is 28.4 Å². The molecule has 1 aromatic carbocycles. The largest absolute Gasteiger partial charge is 0.480 e. The molecular formula is C30H47NO8. The molecule has 0 aromatic heterocycles. The van der Waals surface area contributed by atoms with Gasteiger partial charge in [0.25, 0.3) is 0 Å². The first-order valence-corrected chi connectivity index (χ1v) is 13.6. The molecule has 0 heterocycles. The second-order valence-corrected chi connectivity index (χ2v) is 12.2. The predicted octanol–water partition coefficient (Wildman–Crippen LogP) is 5.31. The Morgan fingerprint density at radius 1 is 0.872 bits per heavy atom. The molecule has 0 amide bonds. The second kappa shape index (κ2) is 13.4. The highest BCUT2D eigenvalue weighted by Crippen LogP contribution is 2.35. The number of rotatable bonds is 14. The smallest absolute Gasteiger partial charge is 0.324 e. The Morgan fingerprint density at radius 3 is 1.79 bits per heavy atom. The van der Waals surface area contributed by atoms with Crippen molar-refractivity contribution in [1.82, 2.24) is 0 Å².